The summed E-state index contributed by atoms with van der Waals surface area (Å²) in [5, 5.41) is 16.2. The van der Waals surface area contributed by atoms with Crippen LogP contribution in [0.4, 0.5) is 20.5 Å². The van der Waals surface area contributed by atoms with E-state index in [1.807, 2.05) is 49.1 Å². The largest absolute Gasteiger partial charge is 0.309 e. The van der Waals surface area contributed by atoms with Gasteiger partial charge in [-0.3, -0.25) is 4.68 Å². The molecule has 9 nitrogen and oxygen atoms in total. The second-order valence-electron chi connectivity index (χ2n) is 9.04. The summed E-state index contributed by atoms with van der Waals surface area (Å²) in [6.07, 6.45) is 3.39. The first-order chi connectivity index (χ1) is 17.5. The van der Waals surface area contributed by atoms with Crippen molar-refractivity contribution in [3.8, 4) is 11.3 Å². The highest BCUT2D eigenvalue weighted by Crippen LogP contribution is 2.37. The molecule has 0 aliphatic carbocycles. The lowest BCUT2D eigenvalue weighted by Gasteiger charge is -2.20. The minimum absolute atomic E-state index is 0.0443. The zero-order chi connectivity index (χ0) is 24.8. The van der Waals surface area contributed by atoms with E-state index in [1.54, 1.807) is 23.1 Å². The van der Waals surface area contributed by atoms with Gasteiger partial charge in [0.1, 0.15) is 11.3 Å². The number of aryl methyl sites for hydroxylation is 1. The zero-order valence-electron chi connectivity index (χ0n) is 19.7. The summed E-state index contributed by atoms with van der Waals surface area (Å²) in [6, 6.07) is 13.6. The third-order valence-electron chi connectivity index (χ3n) is 6.64. The van der Waals surface area contributed by atoms with E-state index in [1.165, 1.54) is 12.1 Å². The molecule has 0 unspecified atom stereocenters. The Kier molecular flexibility index (Phi) is 5.41. The first-order valence-electron chi connectivity index (χ1n) is 11.5. The van der Waals surface area contributed by atoms with E-state index in [9.17, 15) is 8.78 Å². The predicted molar refractivity (Wildman–Crippen MR) is 131 cm³/mol. The molecule has 2 atom stereocenters. The topological polar surface area (TPSA) is 89.6 Å². The number of rotatable bonds is 5. The molecule has 2 aromatic carbocycles. The van der Waals surface area contributed by atoms with Crippen molar-refractivity contribution in [2.75, 3.05) is 25.5 Å². The monoisotopic (exact) mass is 487 g/mol. The molecule has 0 radical (unpaired) electrons. The van der Waals surface area contributed by atoms with Crippen molar-refractivity contribution in [2.24, 2.45) is 7.05 Å². The number of nitrogens with zero attached hydrogens (tertiary/aromatic N) is 8. The van der Waals surface area contributed by atoms with Gasteiger partial charge in [-0.1, -0.05) is 17.3 Å². The first kappa shape index (κ1) is 22.2. The molecule has 1 fully saturated rings. The lowest BCUT2D eigenvalue weighted by Crippen LogP contribution is -2.19. The standard InChI is InChI=1S/C25H23F2N9/c1-34-13-17(15-3-5-18(26)19(27)11-15)23(14-34)36-22-6-4-16(12-21(22)32-33-36)20-7-9-28-25(30-20)31-24-8-10-29-35(24)2/h3-12,17,23H,13-14H2,1-2H3,(H,28,30,31)/t17-,23+/m0/s1. The van der Waals surface area contributed by atoms with E-state index in [4.69, 9.17) is 0 Å². The van der Waals surface area contributed by atoms with Gasteiger partial charge in [-0.05, 0) is 42.9 Å². The zero-order valence-corrected chi connectivity index (χ0v) is 19.7. The fourth-order valence-electron chi connectivity index (χ4n) is 4.83. The number of likely N-dealkylation sites (N-methyl/N-ethyl adjacent to an activating group) is 1. The smallest absolute Gasteiger partial charge is 0.228 e. The highest BCUT2D eigenvalue weighted by atomic mass is 19.2. The molecule has 0 bridgehead atoms. The number of aromatic nitrogens is 7. The Morgan fingerprint density at radius 3 is 2.64 bits per heavy atom. The van der Waals surface area contributed by atoms with Gasteiger partial charge in [0.15, 0.2) is 11.6 Å². The molecule has 1 N–H and O–H groups in total. The average molecular weight is 488 g/mol. The molecule has 182 valence electrons. The van der Waals surface area contributed by atoms with Crippen molar-refractivity contribution in [3.05, 3.63) is 78.1 Å². The first-order valence-corrected chi connectivity index (χ1v) is 11.5. The van der Waals surface area contributed by atoms with Gasteiger partial charge in [-0.2, -0.15) is 5.10 Å². The molecule has 0 spiro atoms. The Hall–Kier alpha value is -4.25. The summed E-state index contributed by atoms with van der Waals surface area (Å²) in [5.74, 6) is -0.483. The van der Waals surface area contributed by atoms with Crippen molar-refractivity contribution >= 4 is 22.8 Å². The van der Waals surface area contributed by atoms with Gasteiger partial charge in [-0.25, -0.2) is 23.4 Å². The Labute approximate surface area is 205 Å². The fraction of sp³-hybridized carbons (Fsp3) is 0.240. The maximum atomic E-state index is 14.0. The maximum Gasteiger partial charge on any atom is 0.228 e. The van der Waals surface area contributed by atoms with Gasteiger partial charge < -0.3 is 10.2 Å². The van der Waals surface area contributed by atoms with Crippen molar-refractivity contribution in [2.45, 2.75) is 12.0 Å². The summed E-state index contributed by atoms with van der Waals surface area (Å²) in [4.78, 5) is 11.1. The van der Waals surface area contributed by atoms with Crippen LogP contribution in [0.1, 0.15) is 17.5 Å². The highest BCUT2D eigenvalue weighted by Gasteiger charge is 2.35. The third kappa shape index (κ3) is 3.97. The van der Waals surface area contributed by atoms with E-state index < -0.39 is 11.6 Å². The summed E-state index contributed by atoms with van der Waals surface area (Å²) in [7, 11) is 3.85. The molecule has 3 aromatic heterocycles. The molecule has 6 rings (SSSR count). The van der Waals surface area contributed by atoms with Crippen molar-refractivity contribution in [1.82, 2.24) is 39.6 Å². The van der Waals surface area contributed by atoms with Gasteiger partial charge in [0, 0.05) is 43.9 Å². The predicted octanol–water partition coefficient (Wildman–Crippen LogP) is 3.91. The molecule has 0 amide bonds. The van der Waals surface area contributed by atoms with E-state index in [2.05, 4.69) is 35.6 Å². The Morgan fingerprint density at radius 2 is 1.83 bits per heavy atom. The number of likely N-dealkylation sites (tertiary alicyclic amines) is 1. The van der Waals surface area contributed by atoms with Crippen molar-refractivity contribution < 1.29 is 8.78 Å². The van der Waals surface area contributed by atoms with E-state index in [-0.39, 0.29) is 12.0 Å². The molecule has 36 heavy (non-hydrogen) atoms. The SMILES string of the molecule is CN1C[C@@H](n2nnc3cc(-c4ccnc(Nc5ccnn5C)n4)ccc32)[C@H](c2ccc(F)c(F)c2)C1. The fourth-order valence-corrected chi connectivity index (χ4v) is 4.83. The number of hydrogen-bond acceptors (Lipinski definition) is 7. The number of nitrogens with one attached hydrogen (secondary N) is 1. The van der Waals surface area contributed by atoms with Crippen LogP contribution < -0.4 is 5.32 Å². The summed E-state index contributed by atoms with van der Waals surface area (Å²) in [5.41, 5.74) is 3.97. The van der Waals surface area contributed by atoms with Crippen LogP contribution in [0.5, 0.6) is 0 Å². The number of benzene rings is 2. The van der Waals surface area contributed by atoms with Crippen LogP contribution in [0, 0.1) is 11.6 Å². The molecular weight excluding hydrogens is 464 g/mol. The minimum Gasteiger partial charge on any atom is -0.309 e. The lowest BCUT2D eigenvalue weighted by atomic mass is 9.94. The average Bonchev–Trinajstić information content (AvgIpc) is 3.59. The van der Waals surface area contributed by atoms with E-state index in [0.29, 0.717) is 12.5 Å². The van der Waals surface area contributed by atoms with Crippen LogP contribution in [0.3, 0.4) is 0 Å². The summed E-state index contributed by atoms with van der Waals surface area (Å²) >= 11 is 0. The Morgan fingerprint density at radius 1 is 0.944 bits per heavy atom. The second kappa shape index (κ2) is 8.76. The number of anilines is 2. The van der Waals surface area contributed by atoms with Gasteiger partial charge in [0.05, 0.1) is 23.4 Å². The lowest BCUT2D eigenvalue weighted by molar-refractivity contribution is 0.382. The molecule has 1 aliphatic heterocycles. The van der Waals surface area contributed by atoms with Gasteiger partial charge in [-0.15, -0.1) is 5.10 Å². The van der Waals surface area contributed by atoms with Gasteiger partial charge in [0.2, 0.25) is 5.95 Å². The Bertz CT molecular complexity index is 1560. The van der Waals surface area contributed by atoms with Crippen molar-refractivity contribution in [1.29, 1.82) is 0 Å². The molecule has 11 heteroatoms. The highest BCUT2D eigenvalue weighted by molar-refractivity contribution is 5.81. The molecule has 1 saturated heterocycles. The van der Waals surface area contributed by atoms with Crippen LogP contribution in [-0.4, -0.2) is 59.8 Å². The van der Waals surface area contributed by atoms with Crippen LogP contribution in [0.25, 0.3) is 22.3 Å². The number of fused-ring (bicyclic) bond motifs is 1. The number of hydrogen-bond donors (Lipinski definition) is 1. The third-order valence-corrected chi connectivity index (χ3v) is 6.64. The Balaban J connectivity index is 1.31. The second-order valence-corrected chi connectivity index (χ2v) is 9.04. The van der Waals surface area contributed by atoms with Crippen LogP contribution in [0.2, 0.25) is 0 Å². The summed E-state index contributed by atoms with van der Waals surface area (Å²) < 4.78 is 31.1. The number of halogens is 2. The van der Waals surface area contributed by atoms with E-state index >= 15 is 0 Å². The van der Waals surface area contributed by atoms with Crippen LogP contribution in [-0.2, 0) is 7.05 Å². The van der Waals surface area contributed by atoms with Crippen LogP contribution in [0.15, 0.2) is 60.9 Å². The summed E-state index contributed by atoms with van der Waals surface area (Å²) in [6.45, 7) is 1.43. The molecule has 5 aromatic rings. The quantitative estimate of drug-likeness (QED) is 0.402. The van der Waals surface area contributed by atoms with E-state index in [0.717, 1.165) is 40.2 Å². The molecular formula is C25H23F2N9. The molecule has 0 saturated carbocycles. The maximum absolute atomic E-state index is 14.0. The molecule has 4 heterocycles. The molecule has 1 aliphatic rings. The van der Waals surface area contributed by atoms with Crippen molar-refractivity contribution in [3.63, 3.8) is 0 Å². The van der Waals surface area contributed by atoms with Crippen LogP contribution >= 0.6 is 0 Å². The normalized spacial score (nSPS) is 18.2. The van der Waals surface area contributed by atoms with Gasteiger partial charge >= 0.3 is 0 Å². The van der Waals surface area contributed by atoms with Gasteiger partial charge in [0.25, 0.3) is 0 Å². The minimum atomic E-state index is -0.844.